The SMILES string of the molecule is COC(=O)c1cc(N)cc(-c2cnc(NC(C)C)c(=O)n2CC(=O)NCc2ccc(C(=N)N)c(O)c2)c1. The number of phenolic OH excluding ortho intramolecular Hbond substituents is 1. The van der Waals surface area contributed by atoms with Crippen LogP contribution in [0.3, 0.4) is 0 Å². The van der Waals surface area contributed by atoms with Crippen LogP contribution >= 0.6 is 0 Å². The Balaban J connectivity index is 1.94. The Bertz CT molecular complexity index is 1420. The van der Waals surface area contributed by atoms with Crippen LogP contribution in [0.15, 0.2) is 47.4 Å². The Morgan fingerprint density at radius 3 is 2.57 bits per heavy atom. The van der Waals surface area contributed by atoms with Crippen LogP contribution in [0.1, 0.15) is 35.3 Å². The van der Waals surface area contributed by atoms with Gasteiger partial charge in [-0.2, -0.15) is 0 Å². The molecule has 1 aromatic heterocycles. The third kappa shape index (κ3) is 6.42. The summed E-state index contributed by atoms with van der Waals surface area (Å²) in [5.41, 5.74) is 12.7. The van der Waals surface area contributed by atoms with Crippen LogP contribution in [0.5, 0.6) is 5.75 Å². The molecule has 0 saturated carbocycles. The second kappa shape index (κ2) is 11.2. The number of esters is 1. The number of amidine groups is 1. The van der Waals surface area contributed by atoms with Crippen LogP contribution in [0.25, 0.3) is 11.3 Å². The van der Waals surface area contributed by atoms with Gasteiger partial charge in [0.15, 0.2) is 5.82 Å². The highest BCUT2D eigenvalue weighted by molar-refractivity contribution is 5.97. The number of ether oxygens (including phenoxy) is 1. The Hall–Kier alpha value is -4.87. The van der Waals surface area contributed by atoms with Gasteiger partial charge in [0.1, 0.15) is 18.1 Å². The first-order valence-corrected chi connectivity index (χ1v) is 11.3. The number of methoxy groups -OCH3 is 1. The standard InChI is InChI=1S/C25H29N7O5/c1-13(2)31-23-24(35)32(12-21(34)29-10-14-4-5-18(22(27)28)20(33)6-14)19(11-30-23)15-7-16(25(36)37-3)9-17(26)8-15/h4-9,11,13,33H,10,12,26H2,1-3H3,(H3,27,28)(H,29,34)(H,30,31). The minimum Gasteiger partial charge on any atom is -0.507 e. The smallest absolute Gasteiger partial charge is 0.337 e. The van der Waals surface area contributed by atoms with Gasteiger partial charge in [0.25, 0.3) is 5.56 Å². The highest BCUT2D eigenvalue weighted by Gasteiger charge is 2.18. The maximum Gasteiger partial charge on any atom is 0.337 e. The maximum atomic E-state index is 13.3. The summed E-state index contributed by atoms with van der Waals surface area (Å²) in [6, 6.07) is 8.91. The predicted octanol–water partition coefficient (Wildman–Crippen LogP) is 1.41. The van der Waals surface area contributed by atoms with Crippen molar-refractivity contribution in [2.24, 2.45) is 5.73 Å². The van der Waals surface area contributed by atoms with E-state index in [1.807, 2.05) is 13.8 Å². The van der Waals surface area contributed by atoms with E-state index in [2.05, 4.69) is 15.6 Å². The van der Waals surface area contributed by atoms with Crippen molar-refractivity contribution in [3.63, 3.8) is 0 Å². The number of rotatable bonds is 9. The lowest BCUT2D eigenvalue weighted by Gasteiger charge is -2.17. The van der Waals surface area contributed by atoms with Gasteiger partial charge in [0.2, 0.25) is 5.91 Å². The van der Waals surface area contributed by atoms with Gasteiger partial charge in [-0.25, -0.2) is 9.78 Å². The lowest BCUT2D eigenvalue weighted by atomic mass is 10.1. The summed E-state index contributed by atoms with van der Waals surface area (Å²) >= 11 is 0. The average Bonchev–Trinajstić information content (AvgIpc) is 2.83. The highest BCUT2D eigenvalue weighted by atomic mass is 16.5. The quantitative estimate of drug-likeness (QED) is 0.107. The molecule has 12 heteroatoms. The fourth-order valence-electron chi connectivity index (χ4n) is 3.60. The van der Waals surface area contributed by atoms with E-state index < -0.39 is 17.4 Å². The van der Waals surface area contributed by atoms with Crippen molar-refractivity contribution in [1.29, 1.82) is 5.41 Å². The number of nitrogens with zero attached hydrogens (tertiary/aromatic N) is 2. The number of benzene rings is 2. The van der Waals surface area contributed by atoms with Crippen molar-refractivity contribution in [3.05, 3.63) is 69.6 Å². The van der Waals surface area contributed by atoms with E-state index in [1.54, 1.807) is 12.1 Å². The monoisotopic (exact) mass is 507 g/mol. The Labute approximate surface area is 212 Å². The van der Waals surface area contributed by atoms with Gasteiger partial charge < -0.3 is 31.9 Å². The van der Waals surface area contributed by atoms with Crippen LogP contribution in [-0.2, 0) is 22.6 Å². The molecule has 3 rings (SSSR count). The van der Waals surface area contributed by atoms with Crippen LogP contribution < -0.4 is 27.7 Å². The zero-order chi connectivity index (χ0) is 27.3. The van der Waals surface area contributed by atoms with Crippen molar-refractivity contribution in [2.75, 3.05) is 18.2 Å². The largest absolute Gasteiger partial charge is 0.507 e. The number of hydrogen-bond acceptors (Lipinski definition) is 9. The molecule has 0 aliphatic heterocycles. The topological polar surface area (TPSA) is 198 Å². The third-order valence-corrected chi connectivity index (χ3v) is 5.30. The maximum absolute atomic E-state index is 13.3. The molecule has 0 aliphatic rings. The molecule has 0 aliphatic carbocycles. The number of nitrogens with two attached hydrogens (primary N) is 2. The molecule has 2 aromatic carbocycles. The number of amides is 1. The van der Waals surface area contributed by atoms with Gasteiger partial charge in [-0.1, -0.05) is 6.07 Å². The van der Waals surface area contributed by atoms with Crippen molar-refractivity contribution in [2.45, 2.75) is 33.0 Å². The first kappa shape index (κ1) is 26.7. The first-order valence-electron chi connectivity index (χ1n) is 11.3. The normalized spacial score (nSPS) is 10.7. The van der Waals surface area contributed by atoms with Crippen LogP contribution in [-0.4, -0.2) is 45.5 Å². The molecular weight excluding hydrogens is 478 g/mol. The average molecular weight is 508 g/mol. The van der Waals surface area contributed by atoms with E-state index in [4.69, 9.17) is 21.6 Å². The molecular formula is C25H29N7O5. The molecule has 0 spiro atoms. The molecule has 194 valence electrons. The van der Waals surface area contributed by atoms with Gasteiger partial charge in [-0.15, -0.1) is 0 Å². The highest BCUT2D eigenvalue weighted by Crippen LogP contribution is 2.24. The number of phenols is 1. The van der Waals surface area contributed by atoms with E-state index in [0.29, 0.717) is 11.1 Å². The van der Waals surface area contributed by atoms with E-state index in [9.17, 15) is 19.5 Å². The molecule has 37 heavy (non-hydrogen) atoms. The van der Waals surface area contributed by atoms with Crippen LogP contribution in [0.4, 0.5) is 11.5 Å². The number of aromatic hydroxyl groups is 1. The number of carbonyl (C=O) groups is 2. The Morgan fingerprint density at radius 1 is 1.22 bits per heavy atom. The van der Waals surface area contributed by atoms with E-state index >= 15 is 0 Å². The van der Waals surface area contributed by atoms with Gasteiger partial charge in [0.05, 0.1) is 30.1 Å². The van der Waals surface area contributed by atoms with Crippen LogP contribution in [0.2, 0.25) is 0 Å². The molecule has 3 aromatic rings. The molecule has 8 N–H and O–H groups in total. The van der Waals surface area contributed by atoms with Crippen LogP contribution in [0, 0.1) is 5.41 Å². The van der Waals surface area contributed by atoms with Gasteiger partial charge in [-0.05, 0) is 49.7 Å². The molecule has 1 heterocycles. The fraction of sp³-hybridized carbons (Fsp3) is 0.240. The Kier molecular flexibility index (Phi) is 8.12. The van der Waals surface area contributed by atoms with Crippen molar-refractivity contribution >= 4 is 29.2 Å². The third-order valence-electron chi connectivity index (χ3n) is 5.30. The molecule has 12 nitrogen and oxygen atoms in total. The number of hydrogen-bond donors (Lipinski definition) is 6. The van der Waals surface area contributed by atoms with Crippen molar-refractivity contribution in [3.8, 4) is 17.0 Å². The summed E-state index contributed by atoms with van der Waals surface area (Å²) in [6.45, 7) is 3.39. The second-order valence-corrected chi connectivity index (χ2v) is 8.56. The van der Waals surface area contributed by atoms with E-state index in [1.165, 1.54) is 42.1 Å². The predicted molar refractivity (Wildman–Crippen MR) is 139 cm³/mol. The summed E-state index contributed by atoms with van der Waals surface area (Å²) in [5.74, 6) is -1.49. The lowest BCUT2D eigenvalue weighted by Crippen LogP contribution is -2.35. The molecule has 0 bridgehead atoms. The zero-order valence-corrected chi connectivity index (χ0v) is 20.7. The number of carbonyl (C=O) groups excluding carboxylic acids is 2. The molecule has 0 saturated heterocycles. The van der Waals surface area contributed by atoms with Gasteiger partial charge in [-0.3, -0.25) is 19.6 Å². The number of aromatic nitrogens is 2. The van der Waals surface area contributed by atoms with E-state index in [0.717, 1.165) is 0 Å². The number of anilines is 2. The fourth-order valence-corrected chi connectivity index (χ4v) is 3.60. The minimum atomic E-state index is -0.606. The van der Waals surface area contributed by atoms with Gasteiger partial charge >= 0.3 is 5.97 Å². The first-order chi connectivity index (χ1) is 17.5. The second-order valence-electron chi connectivity index (χ2n) is 8.56. The summed E-state index contributed by atoms with van der Waals surface area (Å²) in [4.78, 5) is 42.5. The summed E-state index contributed by atoms with van der Waals surface area (Å²) < 4.78 is 6.01. The summed E-state index contributed by atoms with van der Waals surface area (Å²) in [5, 5.41) is 23.1. The molecule has 0 unspecified atom stereocenters. The zero-order valence-electron chi connectivity index (χ0n) is 20.7. The number of nitrogen functional groups attached to an aromatic ring is 2. The van der Waals surface area contributed by atoms with E-state index in [-0.39, 0.29) is 59.0 Å². The van der Waals surface area contributed by atoms with Crippen molar-refractivity contribution in [1.82, 2.24) is 14.9 Å². The Morgan fingerprint density at radius 2 is 1.95 bits per heavy atom. The molecule has 0 atom stereocenters. The minimum absolute atomic E-state index is 0.0572. The lowest BCUT2D eigenvalue weighted by molar-refractivity contribution is -0.121. The molecule has 0 fully saturated rings. The number of nitrogens with one attached hydrogen (secondary N) is 3. The molecule has 1 amide bonds. The van der Waals surface area contributed by atoms with Gasteiger partial charge in [0, 0.05) is 23.8 Å². The van der Waals surface area contributed by atoms with Crippen molar-refractivity contribution < 1.29 is 19.4 Å². The summed E-state index contributed by atoms with van der Waals surface area (Å²) in [6.07, 6.45) is 1.42. The summed E-state index contributed by atoms with van der Waals surface area (Å²) in [7, 11) is 1.24. The molecule has 0 radical (unpaired) electrons.